The van der Waals surface area contributed by atoms with E-state index in [9.17, 15) is 9.59 Å². The largest absolute Gasteiger partial charge is 0.508 e. The van der Waals surface area contributed by atoms with Crippen LogP contribution in [0, 0.1) is 13.8 Å². The number of aryl methyl sites for hydroxylation is 1. The van der Waals surface area contributed by atoms with E-state index in [0.717, 1.165) is 0 Å². The van der Waals surface area contributed by atoms with Crippen LogP contribution in [0.25, 0.3) is 0 Å². The lowest BCUT2D eigenvalue weighted by Crippen LogP contribution is -1.99. The summed E-state index contributed by atoms with van der Waals surface area (Å²) < 4.78 is 0. The highest BCUT2D eigenvalue weighted by Crippen LogP contribution is 2.20. The van der Waals surface area contributed by atoms with Crippen LogP contribution < -0.4 is 0 Å². The van der Waals surface area contributed by atoms with E-state index in [1.54, 1.807) is 26.0 Å². The van der Waals surface area contributed by atoms with Crippen molar-refractivity contribution in [2.24, 2.45) is 0 Å². The topological polar surface area (TPSA) is 115 Å². The van der Waals surface area contributed by atoms with Crippen molar-refractivity contribution in [3.8, 4) is 11.5 Å². The Kier molecular flexibility index (Phi) is 5.51. The molecular formula is C16H16O6. The molecule has 0 radical (unpaired) electrons. The normalized spacial score (nSPS) is 9.55. The van der Waals surface area contributed by atoms with Crippen molar-refractivity contribution in [1.29, 1.82) is 0 Å². The highest BCUT2D eigenvalue weighted by Gasteiger charge is 2.11. The number of carboxylic acids is 2. The number of rotatable bonds is 2. The van der Waals surface area contributed by atoms with Gasteiger partial charge in [0, 0.05) is 5.56 Å². The molecular weight excluding hydrogens is 288 g/mol. The molecule has 0 spiro atoms. The van der Waals surface area contributed by atoms with Crippen LogP contribution in [0.1, 0.15) is 31.8 Å². The van der Waals surface area contributed by atoms with Gasteiger partial charge in [0.2, 0.25) is 0 Å². The van der Waals surface area contributed by atoms with Crippen molar-refractivity contribution < 1.29 is 30.0 Å². The van der Waals surface area contributed by atoms with E-state index in [-0.39, 0.29) is 22.6 Å². The van der Waals surface area contributed by atoms with Crippen LogP contribution in [0.3, 0.4) is 0 Å². The maximum atomic E-state index is 10.5. The molecule has 0 aliphatic heterocycles. The summed E-state index contributed by atoms with van der Waals surface area (Å²) in [5.74, 6) is -2.28. The second kappa shape index (κ2) is 7.12. The molecule has 0 aromatic heterocycles. The average molecular weight is 304 g/mol. The van der Waals surface area contributed by atoms with Crippen molar-refractivity contribution in [3.63, 3.8) is 0 Å². The third-order valence-electron chi connectivity index (χ3n) is 3.00. The zero-order chi connectivity index (χ0) is 16.9. The van der Waals surface area contributed by atoms with Gasteiger partial charge in [-0.05, 0) is 37.6 Å². The number of aromatic hydroxyl groups is 2. The molecule has 0 bridgehead atoms. The van der Waals surface area contributed by atoms with Gasteiger partial charge in [0.1, 0.15) is 17.1 Å². The molecule has 2 aromatic carbocycles. The molecule has 0 unspecified atom stereocenters. The highest BCUT2D eigenvalue weighted by molar-refractivity contribution is 5.92. The van der Waals surface area contributed by atoms with Gasteiger partial charge in [0.15, 0.2) is 0 Å². The van der Waals surface area contributed by atoms with Crippen LogP contribution in [-0.4, -0.2) is 32.4 Å². The van der Waals surface area contributed by atoms with E-state index in [2.05, 4.69) is 0 Å². The van der Waals surface area contributed by atoms with Crippen molar-refractivity contribution >= 4 is 11.9 Å². The first-order valence-corrected chi connectivity index (χ1v) is 6.29. The molecule has 6 heteroatoms. The minimum Gasteiger partial charge on any atom is -0.508 e. The van der Waals surface area contributed by atoms with E-state index >= 15 is 0 Å². The van der Waals surface area contributed by atoms with E-state index in [1.807, 2.05) is 0 Å². The number of carbonyl (C=O) groups is 2. The Balaban J connectivity index is 0.000000220. The molecule has 0 saturated carbocycles. The van der Waals surface area contributed by atoms with Gasteiger partial charge in [-0.2, -0.15) is 0 Å². The van der Waals surface area contributed by atoms with E-state index in [0.29, 0.717) is 11.1 Å². The standard InChI is InChI=1S/2C8H8O3/c1-5-6(8(10)11)3-2-4-7(5)9;1-5-3-2-4-6(9)7(5)8(10)11/h2*2-4,9H,1H3,(H,10,11). The van der Waals surface area contributed by atoms with E-state index < -0.39 is 11.9 Å². The fourth-order valence-electron chi connectivity index (χ4n) is 1.79. The van der Waals surface area contributed by atoms with Gasteiger partial charge in [-0.3, -0.25) is 0 Å². The Hall–Kier alpha value is -3.02. The summed E-state index contributed by atoms with van der Waals surface area (Å²) in [6, 6.07) is 9.03. The summed E-state index contributed by atoms with van der Waals surface area (Å²) in [4.78, 5) is 20.9. The summed E-state index contributed by atoms with van der Waals surface area (Å²) in [6.07, 6.45) is 0. The van der Waals surface area contributed by atoms with Gasteiger partial charge in [-0.25, -0.2) is 9.59 Å². The van der Waals surface area contributed by atoms with Crippen molar-refractivity contribution in [3.05, 3.63) is 58.7 Å². The highest BCUT2D eigenvalue weighted by atomic mass is 16.4. The lowest BCUT2D eigenvalue weighted by molar-refractivity contribution is 0.0683. The smallest absolute Gasteiger partial charge is 0.339 e. The number of benzene rings is 2. The van der Waals surface area contributed by atoms with Crippen molar-refractivity contribution in [2.45, 2.75) is 13.8 Å². The molecule has 6 nitrogen and oxygen atoms in total. The summed E-state index contributed by atoms with van der Waals surface area (Å²) in [5, 5.41) is 35.3. The molecule has 0 atom stereocenters. The first-order chi connectivity index (χ1) is 10.3. The van der Waals surface area contributed by atoms with Crippen molar-refractivity contribution in [2.75, 3.05) is 0 Å². The lowest BCUT2D eigenvalue weighted by Gasteiger charge is -2.01. The van der Waals surface area contributed by atoms with Crippen LogP contribution in [0.15, 0.2) is 36.4 Å². The molecule has 2 rings (SSSR count). The summed E-state index contributed by atoms with van der Waals surface area (Å²) >= 11 is 0. The van der Waals surface area contributed by atoms with Gasteiger partial charge < -0.3 is 20.4 Å². The first kappa shape index (κ1) is 17.0. The average Bonchev–Trinajstić information content (AvgIpc) is 2.41. The number of phenolic OH excluding ortho intramolecular Hbond substituents is 1. The summed E-state index contributed by atoms with van der Waals surface area (Å²) in [6.45, 7) is 3.21. The minimum atomic E-state index is -1.10. The third kappa shape index (κ3) is 3.99. The first-order valence-electron chi connectivity index (χ1n) is 6.29. The maximum absolute atomic E-state index is 10.5. The predicted molar refractivity (Wildman–Crippen MR) is 79.6 cm³/mol. The molecule has 0 amide bonds. The van der Waals surface area contributed by atoms with Crippen molar-refractivity contribution in [1.82, 2.24) is 0 Å². The van der Waals surface area contributed by atoms with Gasteiger partial charge in [-0.1, -0.05) is 18.2 Å². The number of hydrogen-bond donors (Lipinski definition) is 4. The third-order valence-corrected chi connectivity index (χ3v) is 3.00. The Morgan fingerprint density at radius 1 is 0.818 bits per heavy atom. The zero-order valence-electron chi connectivity index (χ0n) is 12.1. The van der Waals surface area contributed by atoms with E-state index in [1.165, 1.54) is 24.3 Å². The van der Waals surface area contributed by atoms with E-state index in [4.69, 9.17) is 20.4 Å². The van der Waals surface area contributed by atoms with Crippen LogP contribution in [0.5, 0.6) is 11.5 Å². The Morgan fingerprint density at radius 2 is 1.36 bits per heavy atom. The summed E-state index contributed by atoms with van der Waals surface area (Å²) in [7, 11) is 0. The monoisotopic (exact) mass is 304 g/mol. The molecule has 0 saturated heterocycles. The molecule has 116 valence electrons. The van der Waals surface area contributed by atoms with Crippen LogP contribution >= 0.6 is 0 Å². The van der Waals surface area contributed by atoms with Gasteiger partial charge in [0.05, 0.1) is 5.56 Å². The van der Waals surface area contributed by atoms with Crippen LogP contribution in [0.4, 0.5) is 0 Å². The molecule has 0 aliphatic rings. The minimum absolute atomic E-state index is 0.0184. The molecule has 0 fully saturated rings. The maximum Gasteiger partial charge on any atom is 0.339 e. The number of phenols is 2. The van der Waals surface area contributed by atoms with Crippen LogP contribution in [0.2, 0.25) is 0 Å². The Morgan fingerprint density at radius 3 is 1.77 bits per heavy atom. The summed E-state index contributed by atoms with van der Waals surface area (Å²) in [5.41, 5.74) is 1.09. The fourth-order valence-corrected chi connectivity index (χ4v) is 1.79. The number of aromatic carboxylic acids is 2. The molecule has 0 heterocycles. The quantitative estimate of drug-likeness (QED) is 0.678. The lowest BCUT2D eigenvalue weighted by atomic mass is 10.1. The molecule has 2 aromatic rings. The number of carboxylic acid groups (broad SMARTS) is 2. The molecule has 0 aliphatic carbocycles. The predicted octanol–water partition coefficient (Wildman–Crippen LogP) is 2.80. The van der Waals surface area contributed by atoms with Gasteiger partial charge in [-0.15, -0.1) is 0 Å². The number of hydrogen-bond acceptors (Lipinski definition) is 4. The van der Waals surface area contributed by atoms with Crippen LogP contribution in [-0.2, 0) is 0 Å². The van der Waals surface area contributed by atoms with Gasteiger partial charge >= 0.3 is 11.9 Å². The Bertz CT molecular complexity index is 686. The molecule has 22 heavy (non-hydrogen) atoms. The molecule has 4 N–H and O–H groups in total. The SMILES string of the molecule is Cc1c(O)cccc1C(=O)O.Cc1cccc(O)c1C(=O)O. The van der Waals surface area contributed by atoms with Gasteiger partial charge in [0.25, 0.3) is 0 Å². The second-order valence-electron chi connectivity index (χ2n) is 4.53. The second-order valence-corrected chi connectivity index (χ2v) is 4.53. The zero-order valence-corrected chi connectivity index (χ0v) is 12.1. The fraction of sp³-hybridized carbons (Fsp3) is 0.125. The Labute approximate surface area is 126 Å².